The van der Waals surface area contributed by atoms with Gasteiger partial charge >= 0.3 is 0 Å². The number of allylic oxidation sites excluding steroid dienone is 1. The van der Waals surface area contributed by atoms with Crippen LogP contribution in [0.2, 0.25) is 0 Å². The molecule has 0 unspecified atom stereocenters. The predicted molar refractivity (Wildman–Crippen MR) is 85.2 cm³/mol. The summed E-state index contributed by atoms with van der Waals surface area (Å²) in [5, 5.41) is 2.95. The molecule has 2 aromatic carbocycles. The van der Waals surface area contributed by atoms with Crippen molar-refractivity contribution in [1.29, 1.82) is 0 Å². The zero-order valence-corrected chi connectivity index (χ0v) is 12.3. The monoisotopic (exact) mass is 281 g/mol. The third kappa shape index (κ3) is 3.96. The van der Waals surface area contributed by atoms with E-state index in [9.17, 15) is 4.79 Å². The number of carbonyl (C=O) groups is 1. The van der Waals surface area contributed by atoms with Crippen LogP contribution in [0.5, 0.6) is 5.75 Å². The minimum Gasteiger partial charge on any atom is -0.497 e. The van der Waals surface area contributed by atoms with E-state index in [0.29, 0.717) is 12.0 Å². The van der Waals surface area contributed by atoms with Gasteiger partial charge in [0.05, 0.1) is 7.11 Å². The Hall–Kier alpha value is -2.55. The summed E-state index contributed by atoms with van der Waals surface area (Å²) in [6.45, 7) is 0. The van der Waals surface area contributed by atoms with E-state index >= 15 is 0 Å². The first-order valence-electron chi connectivity index (χ1n) is 6.83. The zero-order chi connectivity index (χ0) is 15.1. The van der Waals surface area contributed by atoms with Crippen molar-refractivity contribution >= 4 is 11.4 Å². The molecule has 0 bridgehead atoms. The number of ether oxygens (including phenoxy) is 1. The highest BCUT2D eigenvalue weighted by Crippen LogP contribution is 2.20. The standard InChI is InChI=1S/C18H19NO2/c1-19-13-17(15-8-10-16(21-2)11-9-15)18(20)12-14-6-4-3-5-7-14/h3-11,13,19H,12H2,1-2H3. The molecule has 0 heterocycles. The fourth-order valence-corrected chi connectivity index (χ4v) is 2.12. The molecular weight excluding hydrogens is 262 g/mol. The second kappa shape index (κ2) is 7.29. The summed E-state index contributed by atoms with van der Waals surface area (Å²) < 4.78 is 5.15. The van der Waals surface area contributed by atoms with Crippen molar-refractivity contribution in [3.05, 3.63) is 71.9 Å². The molecule has 21 heavy (non-hydrogen) atoms. The van der Waals surface area contributed by atoms with Gasteiger partial charge in [-0.15, -0.1) is 0 Å². The van der Waals surface area contributed by atoms with Crippen LogP contribution >= 0.6 is 0 Å². The smallest absolute Gasteiger partial charge is 0.169 e. The Morgan fingerprint density at radius 3 is 2.33 bits per heavy atom. The number of hydrogen-bond acceptors (Lipinski definition) is 3. The molecule has 0 aliphatic rings. The van der Waals surface area contributed by atoms with Crippen molar-refractivity contribution in [2.24, 2.45) is 0 Å². The lowest BCUT2D eigenvalue weighted by atomic mass is 9.97. The highest BCUT2D eigenvalue weighted by atomic mass is 16.5. The average molecular weight is 281 g/mol. The lowest BCUT2D eigenvalue weighted by molar-refractivity contribution is -0.113. The van der Waals surface area contributed by atoms with Crippen LogP contribution in [-0.2, 0) is 11.2 Å². The first kappa shape index (κ1) is 14.9. The van der Waals surface area contributed by atoms with Gasteiger partial charge in [-0.2, -0.15) is 0 Å². The highest BCUT2D eigenvalue weighted by molar-refractivity contribution is 6.21. The number of Topliss-reactive ketones (excluding diaryl/α,β-unsaturated/α-hetero) is 1. The van der Waals surface area contributed by atoms with E-state index < -0.39 is 0 Å². The van der Waals surface area contributed by atoms with Crippen LogP contribution in [0.25, 0.3) is 5.57 Å². The van der Waals surface area contributed by atoms with Crippen LogP contribution in [0.1, 0.15) is 11.1 Å². The minimum absolute atomic E-state index is 0.0840. The van der Waals surface area contributed by atoms with Crippen LogP contribution < -0.4 is 10.1 Å². The molecular formula is C18H19NO2. The Balaban J connectivity index is 2.22. The van der Waals surface area contributed by atoms with Gasteiger partial charge in [0.15, 0.2) is 5.78 Å². The van der Waals surface area contributed by atoms with Gasteiger partial charge in [-0.25, -0.2) is 0 Å². The number of nitrogens with one attached hydrogen (secondary N) is 1. The lowest BCUT2D eigenvalue weighted by Crippen LogP contribution is -2.09. The van der Waals surface area contributed by atoms with E-state index in [-0.39, 0.29) is 5.78 Å². The highest BCUT2D eigenvalue weighted by Gasteiger charge is 2.12. The van der Waals surface area contributed by atoms with Crippen LogP contribution in [-0.4, -0.2) is 19.9 Å². The lowest BCUT2D eigenvalue weighted by Gasteiger charge is -2.08. The zero-order valence-electron chi connectivity index (χ0n) is 12.3. The molecule has 2 rings (SSSR count). The Morgan fingerprint density at radius 1 is 1.10 bits per heavy atom. The minimum atomic E-state index is 0.0840. The van der Waals surface area contributed by atoms with Gasteiger partial charge in [0.1, 0.15) is 5.75 Å². The number of benzene rings is 2. The number of ketones is 1. The first-order chi connectivity index (χ1) is 10.2. The van der Waals surface area contributed by atoms with Gasteiger partial charge in [0, 0.05) is 25.2 Å². The number of rotatable bonds is 6. The van der Waals surface area contributed by atoms with Crippen LogP contribution in [0.15, 0.2) is 60.8 Å². The van der Waals surface area contributed by atoms with Crippen molar-refractivity contribution < 1.29 is 9.53 Å². The topological polar surface area (TPSA) is 38.3 Å². The normalized spacial score (nSPS) is 11.0. The van der Waals surface area contributed by atoms with Crippen molar-refractivity contribution in [1.82, 2.24) is 5.32 Å². The van der Waals surface area contributed by atoms with E-state index in [0.717, 1.165) is 16.9 Å². The average Bonchev–Trinajstić information content (AvgIpc) is 2.53. The van der Waals surface area contributed by atoms with Gasteiger partial charge in [0.25, 0.3) is 0 Å². The molecule has 0 atom stereocenters. The van der Waals surface area contributed by atoms with E-state index in [4.69, 9.17) is 4.74 Å². The molecule has 0 aliphatic carbocycles. The summed E-state index contributed by atoms with van der Waals surface area (Å²) >= 11 is 0. The Morgan fingerprint density at radius 2 is 1.76 bits per heavy atom. The first-order valence-corrected chi connectivity index (χ1v) is 6.83. The molecule has 0 radical (unpaired) electrons. The summed E-state index contributed by atoms with van der Waals surface area (Å²) in [5.74, 6) is 0.860. The summed E-state index contributed by atoms with van der Waals surface area (Å²) in [5.41, 5.74) is 2.56. The van der Waals surface area contributed by atoms with Crippen molar-refractivity contribution in [2.75, 3.05) is 14.2 Å². The van der Waals surface area contributed by atoms with Crippen molar-refractivity contribution in [3.63, 3.8) is 0 Å². The second-order valence-electron chi connectivity index (χ2n) is 4.66. The molecule has 1 N–H and O–H groups in total. The summed E-state index contributed by atoms with van der Waals surface area (Å²) in [7, 11) is 3.42. The van der Waals surface area contributed by atoms with Crippen molar-refractivity contribution in [3.8, 4) is 5.75 Å². The molecule has 0 amide bonds. The van der Waals surface area contributed by atoms with Gasteiger partial charge in [-0.1, -0.05) is 42.5 Å². The maximum Gasteiger partial charge on any atom is 0.169 e. The number of hydrogen-bond donors (Lipinski definition) is 1. The Bertz CT molecular complexity index is 615. The van der Waals surface area contributed by atoms with Crippen molar-refractivity contribution in [2.45, 2.75) is 6.42 Å². The molecule has 3 heteroatoms. The number of methoxy groups -OCH3 is 1. The molecule has 0 fully saturated rings. The van der Waals surface area contributed by atoms with Gasteiger partial charge in [-0.05, 0) is 23.3 Å². The third-order valence-electron chi connectivity index (χ3n) is 3.20. The molecule has 2 aromatic rings. The quantitative estimate of drug-likeness (QED) is 0.827. The molecule has 0 spiro atoms. The third-order valence-corrected chi connectivity index (χ3v) is 3.20. The fourth-order valence-electron chi connectivity index (χ4n) is 2.12. The Labute approximate surface area is 125 Å². The number of carbonyl (C=O) groups excluding carboxylic acids is 1. The predicted octanol–water partition coefficient (Wildman–Crippen LogP) is 3.07. The molecule has 0 saturated carbocycles. The molecule has 0 aliphatic heterocycles. The van der Waals surface area contributed by atoms with Crippen LogP contribution in [0.3, 0.4) is 0 Å². The maximum atomic E-state index is 12.5. The SMILES string of the molecule is CNC=C(C(=O)Cc1ccccc1)c1ccc(OC)cc1. The maximum absolute atomic E-state index is 12.5. The van der Waals surface area contributed by atoms with E-state index in [1.54, 1.807) is 20.4 Å². The van der Waals surface area contributed by atoms with Crippen LogP contribution in [0, 0.1) is 0 Å². The Kier molecular flexibility index (Phi) is 5.16. The van der Waals surface area contributed by atoms with E-state index in [2.05, 4.69) is 5.32 Å². The fraction of sp³-hybridized carbons (Fsp3) is 0.167. The summed E-state index contributed by atoms with van der Waals surface area (Å²) in [4.78, 5) is 12.5. The molecule has 108 valence electrons. The second-order valence-corrected chi connectivity index (χ2v) is 4.66. The summed E-state index contributed by atoms with van der Waals surface area (Å²) in [6, 6.07) is 17.3. The van der Waals surface area contributed by atoms with E-state index in [1.165, 1.54) is 0 Å². The van der Waals surface area contributed by atoms with Gasteiger partial charge in [0.2, 0.25) is 0 Å². The van der Waals surface area contributed by atoms with Gasteiger partial charge in [-0.3, -0.25) is 4.79 Å². The molecule has 0 saturated heterocycles. The van der Waals surface area contributed by atoms with Crippen LogP contribution in [0.4, 0.5) is 0 Å². The molecule has 3 nitrogen and oxygen atoms in total. The van der Waals surface area contributed by atoms with Gasteiger partial charge < -0.3 is 10.1 Å². The largest absolute Gasteiger partial charge is 0.497 e. The summed E-state index contributed by atoms with van der Waals surface area (Å²) in [6.07, 6.45) is 2.13. The van der Waals surface area contributed by atoms with E-state index in [1.807, 2.05) is 54.6 Å². The molecule has 0 aromatic heterocycles.